The molecule has 0 radical (unpaired) electrons. The van der Waals surface area contributed by atoms with Crippen molar-refractivity contribution in [3.05, 3.63) is 59.7 Å². The van der Waals surface area contributed by atoms with Crippen LogP contribution in [-0.4, -0.2) is 73.6 Å². The minimum absolute atomic E-state index is 0.538. The fourth-order valence-corrected chi connectivity index (χ4v) is 3.16. The van der Waals surface area contributed by atoms with Crippen LogP contribution in [0.1, 0.15) is 17.5 Å². The highest BCUT2D eigenvalue weighted by atomic mass is 16.5. The molecule has 0 aromatic heterocycles. The van der Waals surface area contributed by atoms with E-state index in [1.807, 2.05) is 24.3 Å². The average molecular weight is 461 g/mol. The van der Waals surface area contributed by atoms with Gasteiger partial charge in [-0.25, -0.2) is 9.59 Å². The fraction of sp³-hybridized carbons (Fsp3) is 0.417. The van der Waals surface area contributed by atoms with Crippen LogP contribution < -0.4 is 14.8 Å². The van der Waals surface area contributed by atoms with E-state index in [0.717, 1.165) is 69.4 Å². The zero-order valence-corrected chi connectivity index (χ0v) is 18.9. The van der Waals surface area contributed by atoms with Crippen molar-refractivity contribution < 1.29 is 34.0 Å². The van der Waals surface area contributed by atoms with E-state index in [1.165, 1.54) is 5.56 Å². The van der Waals surface area contributed by atoms with Gasteiger partial charge in [0.15, 0.2) is 11.5 Å². The fourth-order valence-electron chi connectivity index (χ4n) is 3.16. The third-order valence-corrected chi connectivity index (χ3v) is 4.91. The molecule has 0 spiro atoms. The number of carboxylic acids is 2. The van der Waals surface area contributed by atoms with E-state index < -0.39 is 11.9 Å². The topological polar surface area (TPSA) is 118 Å². The molecule has 2 aromatic carbocycles. The van der Waals surface area contributed by atoms with Gasteiger partial charge in [0, 0.05) is 19.6 Å². The summed E-state index contributed by atoms with van der Waals surface area (Å²) in [5.41, 5.74) is 2.34. The Morgan fingerprint density at radius 3 is 2.33 bits per heavy atom. The van der Waals surface area contributed by atoms with Crippen LogP contribution >= 0.6 is 0 Å². The molecule has 0 unspecified atom stereocenters. The lowest BCUT2D eigenvalue weighted by molar-refractivity contribution is -0.159. The number of aliphatic carboxylic acids is 2. The number of nitrogens with one attached hydrogen (secondary N) is 1. The summed E-state index contributed by atoms with van der Waals surface area (Å²) in [6, 6.07) is 16.3. The molecule has 1 heterocycles. The van der Waals surface area contributed by atoms with Gasteiger partial charge in [0.2, 0.25) is 0 Å². The molecule has 9 nitrogen and oxygen atoms in total. The van der Waals surface area contributed by atoms with Crippen molar-refractivity contribution in [3.8, 4) is 11.5 Å². The summed E-state index contributed by atoms with van der Waals surface area (Å²) >= 11 is 0. The lowest BCUT2D eigenvalue weighted by Crippen LogP contribution is -2.37. The van der Waals surface area contributed by atoms with Crippen LogP contribution in [-0.2, 0) is 27.5 Å². The summed E-state index contributed by atoms with van der Waals surface area (Å²) in [6.07, 6.45) is 1.15. The molecular formula is C24H32N2O7. The maximum atomic E-state index is 9.10. The van der Waals surface area contributed by atoms with Crippen molar-refractivity contribution in [2.24, 2.45) is 0 Å². The van der Waals surface area contributed by atoms with E-state index in [9.17, 15) is 0 Å². The summed E-state index contributed by atoms with van der Waals surface area (Å²) in [7, 11) is 1.68. The molecular weight excluding hydrogens is 428 g/mol. The Bertz CT molecular complexity index is 843. The normalized spacial score (nSPS) is 13.5. The first-order valence-corrected chi connectivity index (χ1v) is 10.8. The van der Waals surface area contributed by atoms with Crippen molar-refractivity contribution in [2.75, 3.05) is 46.5 Å². The van der Waals surface area contributed by atoms with Crippen LogP contribution in [0.15, 0.2) is 48.5 Å². The highest BCUT2D eigenvalue weighted by Gasteiger charge is 2.09. The van der Waals surface area contributed by atoms with Gasteiger partial charge in [-0.3, -0.25) is 4.90 Å². The molecule has 3 N–H and O–H groups in total. The summed E-state index contributed by atoms with van der Waals surface area (Å²) in [5.74, 6) is -2.10. The lowest BCUT2D eigenvalue weighted by Gasteiger charge is -2.26. The Kier molecular flexibility index (Phi) is 11.7. The number of rotatable bonds is 10. The Labute approximate surface area is 193 Å². The van der Waals surface area contributed by atoms with Crippen LogP contribution in [0.5, 0.6) is 11.5 Å². The first-order chi connectivity index (χ1) is 16.0. The molecule has 1 aliphatic heterocycles. The van der Waals surface area contributed by atoms with Gasteiger partial charge in [-0.1, -0.05) is 36.4 Å². The molecule has 180 valence electrons. The zero-order chi connectivity index (χ0) is 23.9. The van der Waals surface area contributed by atoms with Gasteiger partial charge in [-0.15, -0.1) is 0 Å². The molecule has 3 rings (SSSR count). The maximum absolute atomic E-state index is 9.10. The molecule has 0 saturated carbocycles. The summed E-state index contributed by atoms with van der Waals surface area (Å²) < 4.78 is 16.8. The number of methoxy groups -OCH3 is 1. The molecule has 1 aliphatic rings. The van der Waals surface area contributed by atoms with Gasteiger partial charge in [0.25, 0.3) is 0 Å². The molecule has 1 fully saturated rings. The van der Waals surface area contributed by atoms with Crippen LogP contribution in [0.4, 0.5) is 0 Å². The summed E-state index contributed by atoms with van der Waals surface area (Å²) in [5, 5.41) is 18.3. The van der Waals surface area contributed by atoms with E-state index in [1.54, 1.807) is 7.11 Å². The van der Waals surface area contributed by atoms with Gasteiger partial charge in [0.05, 0.1) is 20.3 Å². The van der Waals surface area contributed by atoms with Crippen LogP contribution in [0, 0.1) is 0 Å². The molecule has 33 heavy (non-hydrogen) atoms. The average Bonchev–Trinajstić information content (AvgIpc) is 2.84. The summed E-state index contributed by atoms with van der Waals surface area (Å²) in [4.78, 5) is 20.7. The van der Waals surface area contributed by atoms with Crippen LogP contribution in [0.2, 0.25) is 0 Å². The second-order valence-electron chi connectivity index (χ2n) is 7.35. The predicted molar refractivity (Wildman–Crippen MR) is 123 cm³/mol. The van der Waals surface area contributed by atoms with E-state index in [4.69, 9.17) is 34.0 Å². The third-order valence-electron chi connectivity index (χ3n) is 4.91. The predicted octanol–water partition coefficient (Wildman–Crippen LogP) is 2.24. The molecule has 0 amide bonds. The van der Waals surface area contributed by atoms with E-state index >= 15 is 0 Å². The molecule has 0 aliphatic carbocycles. The van der Waals surface area contributed by atoms with Crippen molar-refractivity contribution in [1.82, 2.24) is 10.2 Å². The van der Waals surface area contributed by atoms with Gasteiger partial charge in [0.1, 0.15) is 6.61 Å². The van der Waals surface area contributed by atoms with Crippen LogP contribution in [0.25, 0.3) is 0 Å². The second-order valence-corrected chi connectivity index (χ2v) is 7.35. The molecule has 1 saturated heterocycles. The number of benzene rings is 2. The molecule has 0 atom stereocenters. The Morgan fingerprint density at radius 1 is 1.00 bits per heavy atom. The second kappa shape index (κ2) is 14.8. The number of nitrogens with zero attached hydrogens (tertiary/aromatic N) is 1. The van der Waals surface area contributed by atoms with E-state index in [0.29, 0.717) is 6.61 Å². The number of hydrogen-bond acceptors (Lipinski definition) is 7. The monoisotopic (exact) mass is 460 g/mol. The van der Waals surface area contributed by atoms with Crippen molar-refractivity contribution in [3.63, 3.8) is 0 Å². The quantitative estimate of drug-likeness (QED) is 0.362. The number of carbonyl (C=O) groups is 2. The first-order valence-electron chi connectivity index (χ1n) is 10.8. The van der Waals surface area contributed by atoms with Gasteiger partial charge < -0.3 is 29.7 Å². The number of morpholine rings is 1. The minimum atomic E-state index is -1.82. The molecule has 9 heteroatoms. The van der Waals surface area contributed by atoms with Gasteiger partial charge in [-0.05, 0) is 42.8 Å². The lowest BCUT2D eigenvalue weighted by atomic mass is 10.2. The molecule has 0 bridgehead atoms. The summed E-state index contributed by atoms with van der Waals surface area (Å²) in [6.45, 7) is 7.35. The minimum Gasteiger partial charge on any atom is -0.493 e. The third kappa shape index (κ3) is 10.3. The van der Waals surface area contributed by atoms with Gasteiger partial charge >= 0.3 is 11.9 Å². The largest absolute Gasteiger partial charge is 0.493 e. The Morgan fingerprint density at radius 2 is 1.70 bits per heavy atom. The van der Waals surface area contributed by atoms with Crippen molar-refractivity contribution in [1.29, 1.82) is 0 Å². The highest BCUT2D eigenvalue weighted by molar-refractivity contribution is 6.27. The number of hydrogen-bond donors (Lipinski definition) is 3. The zero-order valence-electron chi connectivity index (χ0n) is 18.9. The standard InChI is InChI=1S/C22H30N2O3.C2H2O4/c1-25-22-16-20(17-23-10-5-11-24-12-14-26-15-13-24)8-9-21(22)27-18-19-6-3-2-4-7-19;3-1(4)2(5)6/h2-4,6-9,16,23H,5,10-15,17-18H2,1H3;(H,3,4)(H,5,6). The highest BCUT2D eigenvalue weighted by Crippen LogP contribution is 2.28. The first kappa shape index (κ1) is 26.1. The SMILES string of the molecule is COc1cc(CNCCCN2CCOCC2)ccc1OCc1ccccc1.O=C(O)C(=O)O. The van der Waals surface area contributed by atoms with Crippen LogP contribution in [0.3, 0.4) is 0 Å². The Hall–Kier alpha value is -3.14. The van der Waals surface area contributed by atoms with Crippen molar-refractivity contribution >= 4 is 11.9 Å². The molecule has 2 aromatic rings. The van der Waals surface area contributed by atoms with E-state index in [2.05, 4.69) is 34.5 Å². The van der Waals surface area contributed by atoms with Gasteiger partial charge in [-0.2, -0.15) is 0 Å². The number of carboxylic acid groups (broad SMARTS) is 2. The Balaban J connectivity index is 0.000000569. The smallest absolute Gasteiger partial charge is 0.414 e. The van der Waals surface area contributed by atoms with Crippen molar-refractivity contribution in [2.45, 2.75) is 19.6 Å². The number of ether oxygens (including phenoxy) is 3. The van der Waals surface area contributed by atoms with E-state index in [-0.39, 0.29) is 0 Å². The maximum Gasteiger partial charge on any atom is 0.414 e.